The molecule has 0 aromatic heterocycles. The van der Waals surface area contributed by atoms with Gasteiger partial charge < -0.3 is 15.2 Å². The molecule has 0 bridgehead atoms. The summed E-state index contributed by atoms with van der Waals surface area (Å²) in [7, 11) is 0. The Morgan fingerprint density at radius 3 is 2.81 bits per heavy atom. The van der Waals surface area contributed by atoms with Crippen molar-refractivity contribution in [2.75, 3.05) is 18.5 Å². The van der Waals surface area contributed by atoms with Crippen LogP contribution >= 0.6 is 0 Å². The summed E-state index contributed by atoms with van der Waals surface area (Å²) in [5, 5.41) is 21.9. The van der Waals surface area contributed by atoms with E-state index in [1.54, 1.807) is 24.3 Å². The highest BCUT2D eigenvalue weighted by molar-refractivity contribution is 5.45. The molecule has 2 N–H and O–H groups in total. The van der Waals surface area contributed by atoms with E-state index in [1.165, 1.54) is 5.56 Å². The van der Waals surface area contributed by atoms with Gasteiger partial charge in [0.1, 0.15) is 18.5 Å². The lowest BCUT2D eigenvalue weighted by atomic mass is 10.2. The van der Waals surface area contributed by atoms with Gasteiger partial charge in [-0.2, -0.15) is 5.26 Å². The molecule has 1 atom stereocenters. The number of aryl methyl sites for hydroxylation is 1. The number of hydrogen-bond acceptors (Lipinski definition) is 4. The smallest absolute Gasteiger partial charge is 0.120 e. The zero-order valence-electron chi connectivity index (χ0n) is 11.9. The molecule has 0 aliphatic rings. The summed E-state index contributed by atoms with van der Waals surface area (Å²) >= 11 is 0. The maximum Gasteiger partial charge on any atom is 0.120 e. The summed E-state index contributed by atoms with van der Waals surface area (Å²) in [6, 6.07) is 16.9. The highest BCUT2D eigenvalue weighted by atomic mass is 16.5. The predicted molar refractivity (Wildman–Crippen MR) is 82.3 cm³/mol. The normalized spacial score (nSPS) is 11.5. The third kappa shape index (κ3) is 4.83. The van der Waals surface area contributed by atoms with Crippen LogP contribution in [-0.4, -0.2) is 24.4 Å². The number of aliphatic hydroxyl groups is 1. The average Bonchev–Trinajstić information content (AvgIpc) is 2.51. The van der Waals surface area contributed by atoms with Gasteiger partial charge in [0, 0.05) is 12.2 Å². The molecule has 0 saturated carbocycles. The lowest BCUT2D eigenvalue weighted by Crippen LogP contribution is -2.26. The van der Waals surface area contributed by atoms with E-state index in [4.69, 9.17) is 10.00 Å². The van der Waals surface area contributed by atoms with Gasteiger partial charge in [-0.15, -0.1) is 0 Å². The van der Waals surface area contributed by atoms with E-state index in [0.29, 0.717) is 17.9 Å². The second-order valence-corrected chi connectivity index (χ2v) is 4.85. The summed E-state index contributed by atoms with van der Waals surface area (Å²) in [6.45, 7) is 2.60. The molecule has 2 aromatic rings. The van der Waals surface area contributed by atoms with Crippen LogP contribution in [-0.2, 0) is 0 Å². The number of nitriles is 1. The van der Waals surface area contributed by atoms with Crippen molar-refractivity contribution in [2.24, 2.45) is 0 Å². The van der Waals surface area contributed by atoms with Gasteiger partial charge in [-0.25, -0.2) is 0 Å². The molecular weight excluding hydrogens is 264 g/mol. The Bertz CT molecular complexity index is 635. The van der Waals surface area contributed by atoms with Crippen LogP contribution in [0.2, 0.25) is 0 Å². The van der Waals surface area contributed by atoms with Crippen LogP contribution in [0.15, 0.2) is 48.5 Å². The Balaban J connectivity index is 1.79. The highest BCUT2D eigenvalue weighted by Crippen LogP contribution is 2.13. The maximum atomic E-state index is 9.92. The first-order valence-electron chi connectivity index (χ1n) is 6.79. The van der Waals surface area contributed by atoms with Crippen molar-refractivity contribution < 1.29 is 9.84 Å². The zero-order chi connectivity index (χ0) is 15.1. The van der Waals surface area contributed by atoms with E-state index in [-0.39, 0.29) is 6.61 Å². The molecule has 108 valence electrons. The Labute approximate surface area is 124 Å². The maximum absolute atomic E-state index is 9.92. The molecule has 0 heterocycles. The topological polar surface area (TPSA) is 65.3 Å². The fourth-order valence-corrected chi connectivity index (χ4v) is 1.90. The Hall–Kier alpha value is -2.51. The molecule has 21 heavy (non-hydrogen) atoms. The van der Waals surface area contributed by atoms with Gasteiger partial charge in [0.25, 0.3) is 0 Å². The molecule has 0 amide bonds. The lowest BCUT2D eigenvalue weighted by molar-refractivity contribution is 0.117. The molecule has 0 fully saturated rings. The van der Waals surface area contributed by atoms with E-state index in [1.807, 2.05) is 31.2 Å². The second-order valence-electron chi connectivity index (χ2n) is 4.85. The first-order valence-corrected chi connectivity index (χ1v) is 6.79. The number of ether oxygens (including phenoxy) is 1. The lowest BCUT2D eigenvalue weighted by Gasteiger charge is -2.14. The minimum atomic E-state index is -0.628. The first kappa shape index (κ1) is 14.9. The van der Waals surface area contributed by atoms with Crippen molar-refractivity contribution in [2.45, 2.75) is 13.0 Å². The Morgan fingerprint density at radius 1 is 1.24 bits per heavy atom. The molecule has 0 radical (unpaired) electrons. The first-order chi connectivity index (χ1) is 10.2. The van der Waals surface area contributed by atoms with Crippen molar-refractivity contribution >= 4 is 5.69 Å². The molecule has 2 rings (SSSR count). The van der Waals surface area contributed by atoms with Gasteiger partial charge in [-0.1, -0.05) is 18.2 Å². The van der Waals surface area contributed by atoms with Crippen molar-refractivity contribution in [3.8, 4) is 11.8 Å². The van der Waals surface area contributed by atoms with Crippen LogP contribution in [0.1, 0.15) is 11.1 Å². The molecule has 0 aliphatic carbocycles. The summed E-state index contributed by atoms with van der Waals surface area (Å²) < 4.78 is 5.48. The summed E-state index contributed by atoms with van der Waals surface area (Å²) in [4.78, 5) is 0. The van der Waals surface area contributed by atoms with Crippen LogP contribution in [0.4, 0.5) is 5.69 Å². The Morgan fingerprint density at radius 2 is 2.05 bits per heavy atom. The molecular formula is C17H18N2O2. The number of anilines is 1. The van der Waals surface area contributed by atoms with Crippen molar-refractivity contribution in [3.63, 3.8) is 0 Å². The quantitative estimate of drug-likeness (QED) is 0.855. The Kier molecular flexibility index (Phi) is 5.19. The fraction of sp³-hybridized carbons (Fsp3) is 0.235. The summed E-state index contributed by atoms with van der Waals surface area (Å²) in [5.74, 6) is 0.587. The van der Waals surface area contributed by atoms with Crippen LogP contribution < -0.4 is 10.1 Å². The van der Waals surface area contributed by atoms with Crippen molar-refractivity contribution in [1.29, 1.82) is 5.26 Å². The van der Waals surface area contributed by atoms with Crippen LogP contribution in [0.3, 0.4) is 0 Å². The molecule has 4 heteroatoms. The molecule has 0 aliphatic heterocycles. The van der Waals surface area contributed by atoms with Gasteiger partial charge in [0.05, 0.1) is 11.6 Å². The van der Waals surface area contributed by atoms with Crippen LogP contribution in [0, 0.1) is 18.3 Å². The van der Waals surface area contributed by atoms with Gasteiger partial charge >= 0.3 is 0 Å². The number of nitrogens with zero attached hydrogens (tertiary/aromatic N) is 1. The number of rotatable bonds is 6. The van der Waals surface area contributed by atoms with Gasteiger partial charge in [-0.3, -0.25) is 0 Å². The van der Waals surface area contributed by atoms with E-state index in [9.17, 15) is 5.11 Å². The molecule has 2 aromatic carbocycles. The third-order valence-corrected chi connectivity index (χ3v) is 2.97. The zero-order valence-corrected chi connectivity index (χ0v) is 11.9. The largest absolute Gasteiger partial charge is 0.491 e. The summed E-state index contributed by atoms with van der Waals surface area (Å²) in [5.41, 5.74) is 2.68. The number of benzene rings is 2. The van der Waals surface area contributed by atoms with Gasteiger partial charge in [0.2, 0.25) is 0 Å². The van der Waals surface area contributed by atoms with E-state index in [2.05, 4.69) is 11.4 Å². The molecule has 1 unspecified atom stereocenters. The minimum absolute atomic E-state index is 0.174. The fourth-order valence-electron chi connectivity index (χ4n) is 1.90. The molecule has 0 saturated heterocycles. The second kappa shape index (κ2) is 7.32. The third-order valence-electron chi connectivity index (χ3n) is 2.97. The number of aliphatic hydroxyl groups excluding tert-OH is 1. The van der Waals surface area contributed by atoms with Crippen molar-refractivity contribution in [1.82, 2.24) is 0 Å². The predicted octanol–water partition coefficient (Wildman–Crippen LogP) is 2.72. The highest BCUT2D eigenvalue weighted by Gasteiger charge is 2.06. The molecule has 4 nitrogen and oxygen atoms in total. The van der Waals surface area contributed by atoms with E-state index in [0.717, 1.165) is 5.69 Å². The number of nitrogens with one attached hydrogen (secondary N) is 1. The SMILES string of the molecule is Cc1cccc(NCC(O)COc2cccc(C#N)c2)c1. The minimum Gasteiger partial charge on any atom is -0.491 e. The standard InChI is InChI=1S/C17H18N2O2/c1-13-4-2-6-15(8-13)19-11-16(20)12-21-17-7-3-5-14(9-17)10-18/h2-9,16,19-20H,11-12H2,1H3. The average molecular weight is 282 g/mol. The van der Waals surface area contributed by atoms with E-state index >= 15 is 0 Å². The van der Waals surface area contributed by atoms with Gasteiger partial charge in [0.15, 0.2) is 0 Å². The monoisotopic (exact) mass is 282 g/mol. The van der Waals surface area contributed by atoms with Crippen LogP contribution in [0.5, 0.6) is 5.75 Å². The van der Waals surface area contributed by atoms with Crippen molar-refractivity contribution in [3.05, 3.63) is 59.7 Å². The molecule has 0 spiro atoms. The van der Waals surface area contributed by atoms with E-state index < -0.39 is 6.10 Å². The number of hydrogen-bond donors (Lipinski definition) is 2. The van der Waals surface area contributed by atoms with Crippen LogP contribution in [0.25, 0.3) is 0 Å². The summed E-state index contributed by atoms with van der Waals surface area (Å²) in [6.07, 6.45) is -0.628. The van der Waals surface area contributed by atoms with Gasteiger partial charge in [-0.05, 0) is 42.8 Å².